The fraction of sp³-hybridized carbons (Fsp3) is 0.273. The van der Waals surface area contributed by atoms with Gasteiger partial charge in [0.05, 0.1) is 4.92 Å². The maximum Gasteiger partial charge on any atom is 0.345 e. The first-order chi connectivity index (χ1) is 9.51. The molecule has 0 unspecified atom stereocenters. The molecule has 0 aliphatic rings. The van der Waals surface area contributed by atoms with Gasteiger partial charge in [0.2, 0.25) is 0 Å². The first-order valence-corrected chi connectivity index (χ1v) is 7.39. The van der Waals surface area contributed by atoms with Crippen LogP contribution in [0.3, 0.4) is 0 Å². The summed E-state index contributed by atoms with van der Waals surface area (Å²) in [6.07, 6.45) is 3.84. The molecule has 0 saturated heterocycles. The summed E-state index contributed by atoms with van der Waals surface area (Å²) in [5.74, 6) is -0.339. The second-order valence-electron chi connectivity index (χ2n) is 3.95. The number of hydrogen-bond donors (Lipinski definition) is 1. The third-order valence-electron chi connectivity index (χ3n) is 2.45. The van der Waals surface area contributed by atoms with E-state index in [1.165, 1.54) is 0 Å². The summed E-state index contributed by atoms with van der Waals surface area (Å²) in [7, 11) is 0. The second kappa shape index (κ2) is 6.14. The summed E-state index contributed by atoms with van der Waals surface area (Å²) in [6.45, 7) is 2.73. The minimum Gasteiger partial charge on any atom is -0.342 e. The molecule has 2 aromatic heterocycles. The highest BCUT2D eigenvalue weighted by Gasteiger charge is 2.17. The van der Waals surface area contributed by atoms with Crippen molar-refractivity contribution in [1.82, 2.24) is 9.55 Å². The van der Waals surface area contributed by atoms with E-state index in [0.29, 0.717) is 12.2 Å². The highest BCUT2D eigenvalue weighted by molar-refractivity contribution is 9.10. The van der Waals surface area contributed by atoms with E-state index in [0.717, 1.165) is 28.4 Å². The lowest BCUT2D eigenvalue weighted by atomic mass is 10.4. The van der Waals surface area contributed by atoms with E-state index in [-0.39, 0.29) is 16.0 Å². The maximum absolute atomic E-state index is 12.1. The molecule has 0 bridgehead atoms. The number of nitrogens with zero attached hydrogens (tertiary/aromatic N) is 3. The molecule has 0 fully saturated rings. The Balaban J connectivity index is 2.16. The molecule has 0 aliphatic carbocycles. The molecule has 2 aromatic rings. The van der Waals surface area contributed by atoms with E-state index >= 15 is 0 Å². The van der Waals surface area contributed by atoms with E-state index in [1.807, 2.05) is 17.7 Å². The topological polar surface area (TPSA) is 90.1 Å². The molecule has 0 atom stereocenters. The zero-order valence-electron chi connectivity index (χ0n) is 10.5. The number of halogens is 1. The molecule has 0 aliphatic heterocycles. The Morgan fingerprint density at radius 3 is 3.00 bits per heavy atom. The molecular formula is C11H11BrN4O3S. The molecule has 1 N–H and O–H groups in total. The highest BCUT2D eigenvalue weighted by Crippen LogP contribution is 2.25. The lowest BCUT2D eigenvalue weighted by Gasteiger charge is -2.06. The van der Waals surface area contributed by atoms with Crippen LogP contribution in [0, 0.1) is 10.1 Å². The van der Waals surface area contributed by atoms with Crippen molar-refractivity contribution in [2.45, 2.75) is 19.9 Å². The van der Waals surface area contributed by atoms with Crippen molar-refractivity contribution < 1.29 is 9.72 Å². The van der Waals surface area contributed by atoms with Gasteiger partial charge in [0, 0.05) is 17.2 Å². The van der Waals surface area contributed by atoms with Crippen molar-refractivity contribution in [3.8, 4) is 0 Å². The lowest BCUT2D eigenvalue weighted by Crippen LogP contribution is -2.16. The lowest BCUT2D eigenvalue weighted by molar-refractivity contribution is -0.380. The molecule has 106 valence electrons. The van der Waals surface area contributed by atoms with Crippen LogP contribution in [0.5, 0.6) is 0 Å². The second-order valence-corrected chi connectivity index (χ2v) is 5.88. The van der Waals surface area contributed by atoms with Crippen LogP contribution < -0.4 is 5.32 Å². The van der Waals surface area contributed by atoms with Crippen molar-refractivity contribution in [1.29, 1.82) is 0 Å². The number of rotatable bonds is 5. The van der Waals surface area contributed by atoms with E-state index < -0.39 is 4.92 Å². The van der Waals surface area contributed by atoms with Crippen LogP contribution in [0.2, 0.25) is 0 Å². The van der Waals surface area contributed by atoms with Crippen LogP contribution in [-0.4, -0.2) is 20.4 Å². The van der Waals surface area contributed by atoms with Crippen molar-refractivity contribution in [3.63, 3.8) is 0 Å². The SMILES string of the molecule is CCCn1cc(Br)cc1C(=O)Nc1ncc([N+](=O)[O-])s1. The monoisotopic (exact) mass is 358 g/mol. The number of aromatic nitrogens is 2. The van der Waals surface area contributed by atoms with Gasteiger partial charge in [-0.15, -0.1) is 0 Å². The molecule has 2 heterocycles. The number of carbonyl (C=O) groups excluding carboxylic acids is 1. The molecule has 2 rings (SSSR count). The largest absolute Gasteiger partial charge is 0.345 e. The summed E-state index contributed by atoms with van der Waals surface area (Å²) in [4.78, 5) is 26.0. The molecule has 0 saturated carbocycles. The van der Waals surface area contributed by atoms with E-state index in [1.54, 1.807) is 6.07 Å². The standard InChI is InChI=1S/C11H11BrN4O3S/c1-2-3-15-6-7(12)4-8(15)10(17)14-11-13-5-9(20-11)16(18)19/h4-6H,2-3H2,1H3,(H,13,14,17). The predicted octanol–water partition coefficient (Wildman–Crippen LogP) is 3.28. The van der Waals surface area contributed by atoms with Crippen LogP contribution in [0.4, 0.5) is 10.1 Å². The van der Waals surface area contributed by atoms with Gasteiger partial charge >= 0.3 is 5.00 Å². The summed E-state index contributed by atoms with van der Waals surface area (Å²) in [5.41, 5.74) is 0.483. The summed E-state index contributed by atoms with van der Waals surface area (Å²) in [6, 6.07) is 1.70. The van der Waals surface area contributed by atoms with Gasteiger partial charge in [-0.05, 0) is 39.8 Å². The number of nitrogens with one attached hydrogen (secondary N) is 1. The fourth-order valence-corrected chi connectivity index (χ4v) is 2.75. The zero-order chi connectivity index (χ0) is 14.7. The quantitative estimate of drug-likeness (QED) is 0.655. The first kappa shape index (κ1) is 14.7. The van der Waals surface area contributed by atoms with Crippen LogP contribution in [-0.2, 0) is 6.54 Å². The molecule has 0 spiro atoms. The molecule has 1 amide bonds. The van der Waals surface area contributed by atoms with Crippen LogP contribution in [0.15, 0.2) is 22.9 Å². The summed E-state index contributed by atoms with van der Waals surface area (Å²) >= 11 is 4.15. The number of hydrogen-bond acceptors (Lipinski definition) is 5. The third kappa shape index (κ3) is 3.23. The average molecular weight is 359 g/mol. The minimum atomic E-state index is -0.538. The smallest absolute Gasteiger partial charge is 0.342 e. The van der Waals surface area contributed by atoms with Gasteiger partial charge in [-0.2, -0.15) is 0 Å². The van der Waals surface area contributed by atoms with Gasteiger partial charge in [0.25, 0.3) is 5.91 Å². The average Bonchev–Trinajstić information content (AvgIpc) is 2.97. The van der Waals surface area contributed by atoms with E-state index in [4.69, 9.17) is 0 Å². The Labute approximate surface area is 126 Å². The number of nitro groups is 1. The van der Waals surface area contributed by atoms with Gasteiger partial charge in [-0.25, -0.2) is 4.98 Å². The van der Waals surface area contributed by atoms with Gasteiger partial charge in [-0.1, -0.05) is 6.92 Å². The van der Waals surface area contributed by atoms with Crippen molar-refractivity contribution >= 4 is 43.3 Å². The molecule has 7 nitrogen and oxygen atoms in total. The van der Waals surface area contributed by atoms with Crippen molar-refractivity contribution in [2.75, 3.05) is 5.32 Å². The van der Waals surface area contributed by atoms with Crippen molar-refractivity contribution in [3.05, 3.63) is 38.7 Å². The minimum absolute atomic E-state index is 0.106. The Kier molecular flexibility index (Phi) is 4.50. The number of aryl methyl sites for hydroxylation is 1. The Hall–Kier alpha value is -1.74. The number of thiazole rings is 1. The number of carbonyl (C=O) groups is 1. The van der Waals surface area contributed by atoms with Crippen molar-refractivity contribution in [2.24, 2.45) is 0 Å². The number of amides is 1. The molecule has 9 heteroatoms. The van der Waals surface area contributed by atoms with E-state index in [9.17, 15) is 14.9 Å². The Morgan fingerprint density at radius 2 is 2.40 bits per heavy atom. The molecular weight excluding hydrogens is 348 g/mol. The Bertz CT molecular complexity index is 652. The third-order valence-corrected chi connectivity index (χ3v) is 3.75. The van der Waals surface area contributed by atoms with Crippen LogP contribution >= 0.6 is 27.3 Å². The number of anilines is 1. The normalized spacial score (nSPS) is 10.5. The van der Waals surface area contributed by atoms with Gasteiger partial charge < -0.3 is 4.57 Å². The maximum atomic E-state index is 12.1. The summed E-state index contributed by atoms with van der Waals surface area (Å²) in [5, 5.41) is 13.2. The Morgan fingerprint density at radius 1 is 1.65 bits per heavy atom. The van der Waals surface area contributed by atoms with E-state index in [2.05, 4.69) is 26.2 Å². The predicted molar refractivity (Wildman–Crippen MR) is 79.1 cm³/mol. The van der Waals surface area contributed by atoms with Crippen LogP contribution in [0.25, 0.3) is 0 Å². The van der Waals surface area contributed by atoms with Gasteiger partial charge in [0.1, 0.15) is 11.9 Å². The molecule has 0 radical (unpaired) electrons. The molecule has 20 heavy (non-hydrogen) atoms. The molecule has 0 aromatic carbocycles. The van der Waals surface area contributed by atoms with Gasteiger partial charge in [0.15, 0.2) is 5.13 Å². The zero-order valence-corrected chi connectivity index (χ0v) is 12.9. The fourth-order valence-electron chi connectivity index (χ4n) is 1.66. The first-order valence-electron chi connectivity index (χ1n) is 5.78. The highest BCUT2D eigenvalue weighted by atomic mass is 79.9. The van der Waals surface area contributed by atoms with Crippen LogP contribution in [0.1, 0.15) is 23.8 Å². The van der Waals surface area contributed by atoms with Gasteiger partial charge in [-0.3, -0.25) is 20.2 Å². The summed E-state index contributed by atoms with van der Waals surface area (Å²) < 4.78 is 2.63.